The first kappa shape index (κ1) is 14.0. The van der Waals surface area contributed by atoms with Gasteiger partial charge in [-0.25, -0.2) is 0 Å². The Labute approximate surface area is 116 Å². The van der Waals surface area contributed by atoms with Crippen molar-refractivity contribution in [3.63, 3.8) is 0 Å². The van der Waals surface area contributed by atoms with E-state index >= 15 is 0 Å². The normalized spacial score (nSPS) is 12.1. The van der Waals surface area contributed by atoms with Crippen LogP contribution in [0, 0.1) is 0 Å². The molecule has 0 aliphatic heterocycles. The molecule has 0 saturated heterocycles. The van der Waals surface area contributed by atoms with E-state index in [4.69, 9.17) is 4.42 Å². The summed E-state index contributed by atoms with van der Waals surface area (Å²) in [5.74, 6) is 0.0499. The van der Waals surface area contributed by atoms with E-state index in [2.05, 4.69) is 5.32 Å². The Morgan fingerprint density at radius 3 is 2.75 bits per heavy atom. The number of phenolic OH excluding ortho intramolecular Hbond substituents is 2. The lowest BCUT2D eigenvalue weighted by atomic mass is 10.1. The Balaban J connectivity index is 1.88. The SMILES string of the molecule is CC(CCc1ccco1)NC(=O)c1ccc(O)c(O)c1. The van der Waals surface area contributed by atoms with Crippen molar-refractivity contribution in [2.75, 3.05) is 0 Å². The molecule has 2 aromatic rings. The summed E-state index contributed by atoms with van der Waals surface area (Å²) in [6, 6.07) is 7.69. The smallest absolute Gasteiger partial charge is 0.251 e. The molecule has 20 heavy (non-hydrogen) atoms. The fourth-order valence-corrected chi connectivity index (χ4v) is 1.86. The summed E-state index contributed by atoms with van der Waals surface area (Å²) in [6.45, 7) is 1.90. The zero-order valence-electron chi connectivity index (χ0n) is 11.2. The Morgan fingerprint density at radius 2 is 2.10 bits per heavy atom. The predicted octanol–water partition coefficient (Wildman–Crippen LogP) is 2.44. The molecule has 1 aromatic heterocycles. The van der Waals surface area contributed by atoms with E-state index in [0.29, 0.717) is 5.56 Å². The molecule has 1 aromatic carbocycles. The summed E-state index contributed by atoms with van der Waals surface area (Å²) in [6.07, 6.45) is 3.12. The predicted molar refractivity (Wildman–Crippen MR) is 73.7 cm³/mol. The molecule has 0 fully saturated rings. The summed E-state index contributed by atoms with van der Waals surface area (Å²) >= 11 is 0. The van der Waals surface area contributed by atoms with Crippen LogP contribution in [-0.4, -0.2) is 22.2 Å². The topological polar surface area (TPSA) is 82.7 Å². The van der Waals surface area contributed by atoms with Gasteiger partial charge in [0, 0.05) is 18.0 Å². The van der Waals surface area contributed by atoms with E-state index in [1.165, 1.54) is 18.2 Å². The number of benzene rings is 1. The van der Waals surface area contributed by atoms with E-state index in [1.807, 2.05) is 19.1 Å². The molecule has 1 unspecified atom stereocenters. The van der Waals surface area contributed by atoms with Crippen molar-refractivity contribution in [3.05, 3.63) is 47.9 Å². The van der Waals surface area contributed by atoms with Crippen molar-refractivity contribution in [3.8, 4) is 11.5 Å². The first-order valence-electron chi connectivity index (χ1n) is 6.41. The monoisotopic (exact) mass is 275 g/mol. The second kappa shape index (κ2) is 6.14. The molecule has 106 valence electrons. The van der Waals surface area contributed by atoms with Crippen molar-refractivity contribution in [1.29, 1.82) is 0 Å². The quantitative estimate of drug-likeness (QED) is 0.732. The van der Waals surface area contributed by atoms with Crippen LogP contribution in [0.15, 0.2) is 41.0 Å². The number of furan rings is 1. The van der Waals surface area contributed by atoms with Crippen molar-refractivity contribution < 1.29 is 19.4 Å². The molecule has 0 radical (unpaired) electrons. The third-order valence-corrected chi connectivity index (χ3v) is 3.02. The van der Waals surface area contributed by atoms with Crippen LogP contribution < -0.4 is 5.32 Å². The molecule has 5 heteroatoms. The molecule has 1 heterocycles. The molecule has 5 nitrogen and oxygen atoms in total. The minimum Gasteiger partial charge on any atom is -0.504 e. The summed E-state index contributed by atoms with van der Waals surface area (Å²) in [4.78, 5) is 12.0. The van der Waals surface area contributed by atoms with Gasteiger partial charge in [-0.1, -0.05) is 0 Å². The Hall–Kier alpha value is -2.43. The maximum Gasteiger partial charge on any atom is 0.251 e. The van der Waals surface area contributed by atoms with E-state index in [-0.39, 0.29) is 23.4 Å². The Kier molecular flexibility index (Phi) is 4.30. The van der Waals surface area contributed by atoms with Crippen LogP contribution in [0.1, 0.15) is 29.5 Å². The number of carbonyl (C=O) groups is 1. The zero-order chi connectivity index (χ0) is 14.5. The van der Waals surface area contributed by atoms with Crippen LogP contribution in [0.25, 0.3) is 0 Å². The van der Waals surface area contributed by atoms with Gasteiger partial charge in [-0.2, -0.15) is 0 Å². The number of rotatable bonds is 5. The molecule has 2 rings (SSSR count). The first-order chi connectivity index (χ1) is 9.56. The minimum absolute atomic E-state index is 0.0245. The summed E-state index contributed by atoms with van der Waals surface area (Å²) < 4.78 is 5.23. The number of amides is 1. The number of phenols is 2. The molecule has 1 atom stereocenters. The molecule has 0 spiro atoms. The van der Waals surface area contributed by atoms with Crippen LogP contribution in [0.5, 0.6) is 11.5 Å². The summed E-state index contributed by atoms with van der Waals surface area (Å²) in [5, 5.41) is 21.4. The lowest BCUT2D eigenvalue weighted by molar-refractivity contribution is 0.0937. The van der Waals surface area contributed by atoms with Gasteiger partial charge in [0.15, 0.2) is 11.5 Å². The second-order valence-electron chi connectivity index (χ2n) is 4.70. The van der Waals surface area contributed by atoms with E-state index in [1.54, 1.807) is 6.26 Å². The molecule has 0 bridgehead atoms. The van der Waals surface area contributed by atoms with Crippen LogP contribution in [0.3, 0.4) is 0 Å². The first-order valence-corrected chi connectivity index (χ1v) is 6.41. The molecule has 1 amide bonds. The molecule has 0 saturated carbocycles. The van der Waals surface area contributed by atoms with Gasteiger partial charge in [-0.05, 0) is 43.7 Å². The van der Waals surface area contributed by atoms with E-state index < -0.39 is 0 Å². The van der Waals surface area contributed by atoms with Crippen molar-refractivity contribution in [2.24, 2.45) is 0 Å². The number of hydrogen-bond acceptors (Lipinski definition) is 4. The average Bonchev–Trinajstić information content (AvgIpc) is 2.92. The molecule has 3 N–H and O–H groups in total. The minimum atomic E-state index is -0.305. The third-order valence-electron chi connectivity index (χ3n) is 3.02. The van der Waals surface area contributed by atoms with Gasteiger partial charge in [-0.15, -0.1) is 0 Å². The van der Waals surface area contributed by atoms with E-state index in [0.717, 1.165) is 18.6 Å². The number of aromatic hydroxyl groups is 2. The number of aryl methyl sites for hydroxylation is 1. The molecular formula is C15H17NO4. The highest BCUT2D eigenvalue weighted by Crippen LogP contribution is 2.24. The molecule has 0 aliphatic carbocycles. The number of nitrogens with one attached hydrogen (secondary N) is 1. The second-order valence-corrected chi connectivity index (χ2v) is 4.70. The average molecular weight is 275 g/mol. The number of carbonyl (C=O) groups excluding carboxylic acids is 1. The summed E-state index contributed by atoms with van der Waals surface area (Å²) in [7, 11) is 0. The zero-order valence-corrected chi connectivity index (χ0v) is 11.2. The lowest BCUT2D eigenvalue weighted by Gasteiger charge is -2.13. The third kappa shape index (κ3) is 3.54. The van der Waals surface area contributed by atoms with Crippen LogP contribution in [-0.2, 0) is 6.42 Å². The molecule has 0 aliphatic rings. The van der Waals surface area contributed by atoms with Gasteiger partial charge in [0.1, 0.15) is 5.76 Å². The van der Waals surface area contributed by atoms with Gasteiger partial charge in [0.05, 0.1) is 6.26 Å². The molecular weight excluding hydrogens is 258 g/mol. The van der Waals surface area contributed by atoms with Gasteiger partial charge < -0.3 is 19.9 Å². The maximum atomic E-state index is 12.0. The van der Waals surface area contributed by atoms with Crippen LogP contribution in [0.2, 0.25) is 0 Å². The highest BCUT2D eigenvalue weighted by atomic mass is 16.3. The Bertz CT molecular complexity index is 578. The van der Waals surface area contributed by atoms with Crippen molar-refractivity contribution in [2.45, 2.75) is 25.8 Å². The standard InChI is InChI=1S/C15H17NO4/c1-10(4-6-12-3-2-8-20-12)16-15(19)11-5-7-13(17)14(18)9-11/h2-3,5,7-10,17-18H,4,6H2,1H3,(H,16,19). The van der Waals surface area contributed by atoms with E-state index in [9.17, 15) is 15.0 Å². The van der Waals surface area contributed by atoms with Gasteiger partial charge in [-0.3, -0.25) is 4.79 Å². The van der Waals surface area contributed by atoms with Gasteiger partial charge >= 0.3 is 0 Å². The largest absolute Gasteiger partial charge is 0.504 e. The lowest BCUT2D eigenvalue weighted by Crippen LogP contribution is -2.32. The highest BCUT2D eigenvalue weighted by Gasteiger charge is 2.12. The van der Waals surface area contributed by atoms with Crippen molar-refractivity contribution >= 4 is 5.91 Å². The number of hydrogen-bond donors (Lipinski definition) is 3. The van der Waals surface area contributed by atoms with Crippen LogP contribution >= 0.6 is 0 Å². The van der Waals surface area contributed by atoms with Crippen LogP contribution in [0.4, 0.5) is 0 Å². The van der Waals surface area contributed by atoms with Crippen molar-refractivity contribution in [1.82, 2.24) is 5.32 Å². The fraction of sp³-hybridized carbons (Fsp3) is 0.267. The maximum absolute atomic E-state index is 12.0. The fourth-order valence-electron chi connectivity index (χ4n) is 1.86. The Morgan fingerprint density at radius 1 is 1.30 bits per heavy atom. The summed E-state index contributed by atoms with van der Waals surface area (Å²) in [5.41, 5.74) is 0.310. The van der Waals surface area contributed by atoms with Gasteiger partial charge in [0.2, 0.25) is 0 Å². The highest BCUT2D eigenvalue weighted by molar-refractivity contribution is 5.95. The van der Waals surface area contributed by atoms with Gasteiger partial charge in [0.25, 0.3) is 5.91 Å².